The zero-order valence-electron chi connectivity index (χ0n) is 17.4. The monoisotopic (exact) mass is 455 g/mol. The van der Waals surface area contributed by atoms with Crippen molar-refractivity contribution in [1.82, 2.24) is 10.2 Å². The summed E-state index contributed by atoms with van der Waals surface area (Å²) in [7, 11) is -3.95. The van der Waals surface area contributed by atoms with Crippen molar-refractivity contribution < 1.29 is 27.6 Å². The zero-order valence-corrected chi connectivity index (χ0v) is 18.2. The minimum absolute atomic E-state index is 0.00274. The van der Waals surface area contributed by atoms with Crippen LogP contribution in [-0.2, 0) is 19.6 Å². The van der Waals surface area contributed by atoms with Gasteiger partial charge in [0.25, 0.3) is 21.8 Å². The van der Waals surface area contributed by atoms with E-state index in [1.54, 1.807) is 18.2 Å². The highest BCUT2D eigenvalue weighted by molar-refractivity contribution is 7.92. The fourth-order valence-corrected chi connectivity index (χ4v) is 5.37. The predicted octanol–water partition coefficient (Wildman–Crippen LogP) is 2.01. The van der Waals surface area contributed by atoms with Gasteiger partial charge in [-0.3, -0.25) is 34.1 Å². The number of amides is 4. The first-order valence-electron chi connectivity index (χ1n) is 10.1. The summed E-state index contributed by atoms with van der Waals surface area (Å²) in [4.78, 5) is 50.2. The maximum atomic E-state index is 13.0. The number of sulfonamides is 1. The van der Waals surface area contributed by atoms with E-state index in [0.29, 0.717) is 5.56 Å². The molecule has 32 heavy (non-hydrogen) atoms. The van der Waals surface area contributed by atoms with Crippen LogP contribution in [-0.4, -0.2) is 43.0 Å². The Morgan fingerprint density at radius 1 is 1.00 bits per heavy atom. The third kappa shape index (κ3) is 3.66. The lowest BCUT2D eigenvalue weighted by Crippen LogP contribution is -2.54. The van der Waals surface area contributed by atoms with Gasteiger partial charge in [-0.25, -0.2) is 8.42 Å². The Bertz CT molecular complexity index is 1270. The molecule has 2 aromatic carbocycles. The van der Waals surface area contributed by atoms with Crippen LogP contribution in [0.5, 0.6) is 0 Å². The number of piperidine rings is 1. The number of hydrogen-bond acceptors (Lipinski definition) is 6. The van der Waals surface area contributed by atoms with Crippen molar-refractivity contribution in [2.45, 2.75) is 43.5 Å². The maximum Gasteiger partial charge on any atom is 0.262 e. The standard InChI is InChI=1S/C22H21N3O6S/c1-12(2)14-5-3-4-6-18(14)32(30,31)24-13-7-8-15-16(11-13)22(29)25(21(15)28)17-9-10-19(26)23-20(17)27/h3-8,11-12,17,24H,9-10H2,1-2H3,(H,23,26,27). The average Bonchev–Trinajstić information content (AvgIpc) is 2.98. The van der Waals surface area contributed by atoms with Crippen molar-refractivity contribution >= 4 is 39.3 Å². The number of nitrogens with zero attached hydrogens (tertiary/aromatic N) is 1. The second kappa shape index (κ2) is 7.86. The molecule has 2 aromatic rings. The molecular weight excluding hydrogens is 434 g/mol. The molecule has 0 aliphatic carbocycles. The summed E-state index contributed by atoms with van der Waals surface area (Å²) in [5.41, 5.74) is 0.840. The molecule has 9 nitrogen and oxygen atoms in total. The van der Waals surface area contributed by atoms with Crippen molar-refractivity contribution in [3.63, 3.8) is 0 Å². The second-order valence-electron chi connectivity index (χ2n) is 8.01. The first-order valence-corrected chi connectivity index (χ1v) is 11.6. The molecule has 0 saturated carbocycles. The van der Waals surface area contributed by atoms with Crippen molar-refractivity contribution in [3.8, 4) is 0 Å². The number of rotatable bonds is 5. The summed E-state index contributed by atoms with van der Waals surface area (Å²) < 4.78 is 28.5. The predicted molar refractivity (Wildman–Crippen MR) is 114 cm³/mol. The first-order chi connectivity index (χ1) is 15.1. The second-order valence-corrected chi connectivity index (χ2v) is 9.66. The van der Waals surface area contributed by atoms with E-state index in [1.807, 2.05) is 13.8 Å². The van der Waals surface area contributed by atoms with Gasteiger partial charge in [0.1, 0.15) is 6.04 Å². The molecule has 166 valence electrons. The number of benzene rings is 2. The van der Waals surface area contributed by atoms with Gasteiger partial charge in [0.05, 0.1) is 16.0 Å². The number of carbonyl (C=O) groups is 4. The van der Waals surface area contributed by atoms with Gasteiger partial charge in [-0.05, 0) is 42.2 Å². The lowest BCUT2D eigenvalue weighted by atomic mass is 10.0. The number of fused-ring (bicyclic) bond motifs is 1. The van der Waals surface area contributed by atoms with Crippen LogP contribution in [0.2, 0.25) is 0 Å². The van der Waals surface area contributed by atoms with Crippen LogP contribution in [0.4, 0.5) is 5.69 Å². The molecule has 1 atom stereocenters. The number of anilines is 1. The Kier molecular flexibility index (Phi) is 5.33. The van der Waals surface area contributed by atoms with E-state index in [1.165, 1.54) is 24.3 Å². The highest BCUT2D eigenvalue weighted by atomic mass is 32.2. The normalized spacial score (nSPS) is 18.7. The van der Waals surface area contributed by atoms with Crippen LogP contribution in [0.1, 0.15) is 58.9 Å². The zero-order chi connectivity index (χ0) is 23.2. The Balaban J connectivity index is 1.64. The minimum Gasteiger partial charge on any atom is -0.295 e. The Labute approximate surface area is 184 Å². The molecule has 10 heteroatoms. The molecule has 1 fully saturated rings. The van der Waals surface area contributed by atoms with Crippen molar-refractivity contribution in [3.05, 3.63) is 59.2 Å². The molecule has 2 heterocycles. The van der Waals surface area contributed by atoms with Crippen LogP contribution in [0.3, 0.4) is 0 Å². The minimum atomic E-state index is -3.95. The lowest BCUT2D eigenvalue weighted by molar-refractivity contribution is -0.136. The number of nitrogens with one attached hydrogen (secondary N) is 2. The number of hydrogen-bond donors (Lipinski definition) is 2. The largest absolute Gasteiger partial charge is 0.295 e. The SMILES string of the molecule is CC(C)c1ccccc1S(=O)(=O)Nc1ccc2c(c1)C(=O)N(C1CCC(=O)NC1=O)C2=O. The van der Waals surface area contributed by atoms with Gasteiger partial charge in [0.15, 0.2) is 0 Å². The molecule has 4 rings (SSSR count). The summed E-state index contributed by atoms with van der Waals surface area (Å²) >= 11 is 0. The lowest BCUT2D eigenvalue weighted by Gasteiger charge is -2.27. The van der Waals surface area contributed by atoms with E-state index in [4.69, 9.17) is 0 Å². The Morgan fingerprint density at radius 2 is 1.69 bits per heavy atom. The number of imide groups is 2. The molecule has 2 N–H and O–H groups in total. The van der Waals surface area contributed by atoms with E-state index in [2.05, 4.69) is 10.0 Å². The molecule has 0 bridgehead atoms. The van der Waals surface area contributed by atoms with Crippen LogP contribution in [0.25, 0.3) is 0 Å². The summed E-state index contributed by atoms with van der Waals surface area (Å²) in [6.45, 7) is 3.77. The molecule has 1 saturated heterocycles. The summed E-state index contributed by atoms with van der Waals surface area (Å²) in [6, 6.07) is 9.59. The van der Waals surface area contributed by atoms with Crippen molar-refractivity contribution in [2.24, 2.45) is 0 Å². The van der Waals surface area contributed by atoms with E-state index < -0.39 is 39.7 Å². The third-order valence-electron chi connectivity index (χ3n) is 5.52. The maximum absolute atomic E-state index is 13.0. The van der Waals surface area contributed by atoms with Gasteiger partial charge < -0.3 is 0 Å². The fraction of sp³-hybridized carbons (Fsp3) is 0.273. The molecule has 1 unspecified atom stereocenters. The van der Waals surface area contributed by atoms with Crippen molar-refractivity contribution in [2.75, 3.05) is 4.72 Å². The van der Waals surface area contributed by atoms with Gasteiger partial charge in [-0.1, -0.05) is 32.0 Å². The molecule has 2 aliphatic heterocycles. The highest BCUT2D eigenvalue weighted by Crippen LogP contribution is 2.31. The number of carbonyl (C=O) groups excluding carboxylic acids is 4. The van der Waals surface area contributed by atoms with E-state index in [0.717, 1.165) is 4.90 Å². The average molecular weight is 455 g/mol. The van der Waals surface area contributed by atoms with Gasteiger partial charge in [-0.2, -0.15) is 0 Å². The quantitative estimate of drug-likeness (QED) is 0.664. The topological polar surface area (TPSA) is 130 Å². The third-order valence-corrected chi connectivity index (χ3v) is 6.98. The smallest absolute Gasteiger partial charge is 0.262 e. The van der Waals surface area contributed by atoms with Crippen LogP contribution >= 0.6 is 0 Å². The van der Waals surface area contributed by atoms with Crippen molar-refractivity contribution in [1.29, 1.82) is 0 Å². The highest BCUT2D eigenvalue weighted by Gasteiger charge is 2.44. The molecule has 0 radical (unpaired) electrons. The van der Waals surface area contributed by atoms with Crippen LogP contribution in [0, 0.1) is 0 Å². The Hall–Kier alpha value is -3.53. The van der Waals surface area contributed by atoms with E-state index >= 15 is 0 Å². The van der Waals surface area contributed by atoms with Gasteiger partial charge >= 0.3 is 0 Å². The first kappa shape index (κ1) is 21.7. The summed E-state index contributed by atoms with van der Waals surface area (Å²) in [5.74, 6) is -2.55. The van der Waals surface area contributed by atoms with Crippen LogP contribution < -0.4 is 10.0 Å². The summed E-state index contributed by atoms with van der Waals surface area (Å²) in [6.07, 6.45) is 0.0612. The van der Waals surface area contributed by atoms with Gasteiger partial charge in [0, 0.05) is 12.1 Å². The van der Waals surface area contributed by atoms with Gasteiger partial charge in [0.2, 0.25) is 11.8 Å². The molecular formula is C22H21N3O6S. The molecule has 4 amide bonds. The fourth-order valence-electron chi connectivity index (χ4n) is 3.95. The molecule has 0 aromatic heterocycles. The Morgan fingerprint density at radius 3 is 2.38 bits per heavy atom. The van der Waals surface area contributed by atoms with E-state index in [9.17, 15) is 27.6 Å². The van der Waals surface area contributed by atoms with E-state index in [-0.39, 0.29) is 40.5 Å². The molecule has 2 aliphatic rings. The van der Waals surface area contributed by atoms with Crippen LogP contribution in [0.15, 0.2) is 47.4 Å². The van der Waals surface area contributed by atoms with Gasteiger partial charge in [-0.15, -0.1) is 0 Å². The molecule has 0 spiro atoms. The summed E-state index contributed by atoms with van der Waals surface area (Å²) in [5, 5.41) is 2.13.